The van der Waals surface area contributed by atoms with Crippen LogP contribution in [-0.4, -0.2) is 45.7 Å². The van der Waals surface area contributed by atoms with Crippen LogP contribution in [0.5, 0.6) is 5.75 Å². The maximum Gasteiger partial charge on any atom is 0.251 e. The zero-order valence-electron chi connectivity index (χ0n) is 17.3. The van der Waals surface area contributed by atoms with Crippen LogP contribution in [-0.2, 0) is 6.42 Å². The number of aromatic nitrogens is 3. The van der Waals surface area contributed by atoms with Crippen LogP contribution in [0.1, 0.15) is 22.6 Å². The summed E-state index contributed by atoms with van der Waals surface area (Å²) in [6.45, 7) is 0.513. The van der Waals surface area contributed by atoms with Crippen molar-refractivity contribution in [3.8, 4) is 17.0 Å². The van der Waals surface area contributed by atoms with E-state index in [2.05, 4.69) is 20.3 Å². The first-order chi connectivity index (χ1) is 15.6. The molecule has 0 spiro atoms. The van der Waals surface area contributed by atoms with E-state index < -0.39 is 0 Å². The molecule has 32 heavy (non-hydrogen) atoms. The van der Waals surface area contributed by atoms with E-state index in [0.717, 1.165) is 29.6 Å². The van der Waals surface area contributed by atoms with Gasteiger partial charge in [0.25, 0.3) is 5.91 Å². The Morgan fingerprint density at radius 3 is 2.75 bits per heavy atom. The maximum absolute atomic E-state index is 13.3. The fraction of sp³-hybridized carbons (Fsp3) is 0.208. The number of aryl methyl sites for hydroxylation is 1. The number of carbonyl (C=O) groups is 1. The van der Waals surface area contributed by atoms with Crippen LogP contribution in [0.3, 0.4) is 0 Å². The highest BCUT2D eigenvalue weighted by molar-refractivity contribution is 5.99. The fourth-order valence-corrected chi connectivity index (χ4v) is 3.38. The summed E-state index contributed by atoms with van der Waals surface area (Å²) in [6.07, 6.45) is 4.99. The SMILES string of the molecule is O=C(NCCCc1ncc[nH]1)c1ccc2c(OCCO)cc(-c3ccc(F)cc3)nc2c1. The highest BCUT2D eigenvalue weighted by atomic mass is 19.1. The van der Waals surface area contributed by atoms with Gasteiger partial charge in [-0.2, -0.15) is 0 Å². The van der Waals surface area contributed by atoms with Gasteiger partial charge in [-0.25, -0.2) is 14.4 Å². The summed E-state index contributed by atoms with van der Waals surface area (Å²) < 4.78 is 19.0. The number of aliphatic hydroxyl groups excluding tert-OH is 1. The van der Waals surface area contributed by atoms with E-state index in [1.807, 2.05) is 0 Å². The molecule has 4 rings (SSSR count). The van der Waals surface area contributed by atoms with Crippen molar-refractivity contribution in [3.63, 3.8) is 0 Å². The molecule has 0 aliphatic rings. The molecule has 0 saturated heterocycles. The topological polar surface area (TPSA) is 100 Å². The van der Waals surface area contributed by atoms with Gasteiger partial charge in [0.1, 0.15) is 24.0 Å². The van der Waals surface area contributed by atoms with E-state index >= 15 is 0 Å². The highest BCUT2D eigenvalue weighted by Gasteiger charge is 2.13. The lowest BCUT2D eigenvalue weighted by atomic mass is 10.1. The number of nitrogens with one attached hydrogen (secondary N) is 2. The first-order valence-corrected chi connectivity index (χ1v) is 10.3. The van der Waals surface area contributed by atoms with Gasteiger partial charge in [-0.05, 0) is 48.9 Å². The highest BCUT2D eigenvalue weighted by Crippen LogP contribution is 2.31. The molecule has 0 unspecified atom stereocenters. The summed E-state index contributed by atoms with van der Waals surface area (Å²) in [5.74, 6) is 0.891. The van der Waals surface area contributed by atoms with Crippen molar-refractivity contribution in [1.82, 2.24) is 20.3 Å². The van der Waals surface area contributed by atoms with E-state index in [4.69, 9.17) is 9.84 Å². The van der Waals surface area contributed by atoms with E-state index in [9.17, 15) is 9.18 Å². The van der Waals surface area contributed by atoms with Crippen molar-refractivity contribution >= 4 is 16.8 Å². The smallest absolute Gasteiger partial charge is 0.251 e. The molecule has 2 aromatic heterocycles. The lowest BCUT2D eigenvalue weighted by Gasteiger charge is -2.12. The molecule has 3 N–H and O–H groups in total. The average Bonchev–Trinajstić information content (AvgIpc) is 3.33. The Bertz CT molecular complexity index is 1190. The zero-order valence-corrected chi connectivity index (χ0v) is 17.3. The number of halogens is 1. The molecular weight excluding hydrogens is 411 g/mol. The normalized spacial score (nSPS) is 10.9. The Morgan fingerprint density at radius 1 is 1.16 bits per heavy atom. The first-order valence-electron chi connectivity index (χ1n) is 10.3. The standard InChI is InChI=1S/C24H23FN4O3/c25-18-6-3-16(4-7-18)20-15-22(32-13-12-30)19-8-5-17(14-21(19)29-20)24(31)28-9-1-2-23-26-10-11-27-23/h3-8,10-11,14-15,30H,1-2,9,12-13H2,(H,26,27)(H,28,31). The Hall–Kier alpha value is -3.78. The van der Waals surface area contributed by atoms with E-state index in [0.29, 0.717) is 29.1 Å². The van der Waals surface area contributed by atoms with Crippen LogP contribution < -0.4 is 10.1 Å². The lowest BCUT2D eigenvalue weighted by molar-refractivity contribution is 0.0953. The summed E-state index contributed by atoms with van der Waals surface area (Å²) in [5.41, 5.74) is 2.35. The molecule has 8 heteroatoms. The molecule has 0 atom stereocenters. The molecule has 4 aromatic rings. The third-order valence-corrected chi connectivity index (χ3v) is 4.95. The van der Waals surface area contributed by atoms with Crippen LogP contribution in [0.4, 0.5) is 4.39 Å². The molecule has 0 saturated carbocycles. The van der Waals surface area contributed by atoms with Crippen LogP contribution in [0.25, 0.3) is 22.2 Å². The molecule has 2 heterocycles. The molecular formula is C24H23FN4O3. The molecule has 0 aliphatic carbocycles. The number of hydrogen-bond acceptors (Lipinski definition) is 5. The largest absolute Gasteiger partial charge is 0.490 e. The number of amides is 1. The minimum absolute atomic E-state index is 0.125. The number of fused-ring (bicyclic) bond motifs is 1. The second-order valence-corrected chi connectivity index (χ2v) is 7.21. The van der Waals surface area contributed by atoms with Crippen molar-refractivity contribution in [1.29, 1.82) is 0 Å². The van der Waals surface area contributed by atoms with Crippen molar-refractivity contribution in [2.24, 2.45) is 0 Å². The Labute approximate surface area is 184 Å². The van der Waals surface area contributed by atoms with Crippen LogP contribution in [0.2, 0.25) is 0 Å². The predicted octanol–water partition coefficient (Wildman–Crippen LogP) is 3.50. The second kappa shape index (κ2) is 10.0. The molecule has 0 aliphatic heterocycles. The quantitative estimate of drug-likeness (QED) is 0.350. The zero-order chi connectivity index (χ0) is 22.3. The molecule has 7 nitrogen and oxygen atoms in total. The molecule has 0 radical (unpaired) electrons. The summed E-state index contributed by atoms with van der Waals surface area (Å²) in [7, 11) is 0. The first kappa shape index (κ1) is 21.5. The van der Waals surface area contributed by atoms with Gasteiger partial charge in [0, 0.05) is 47.9 Å². The summed E-state index contributed by atoms with van der Waals surface area (Å²) >= 11 is 0. The van der Waals surface area contributed by atoms with Gasteiger partial charge >= 0.3 is 0 Å². The van der Waals surface area contributed by atoms with Crippen molar-refractivity contribution in [2.45, 2.75) is 12.8 Å². The number of imidazole rings is 1. The van der Waals surface area contributed by atoms with Gasteiger partial charge in [0.15, 0.2) is 0 Å². The minimum atomic E-state index is -0.336. The molecule has 1 amide bonds. The lowest BCUT2D eigenvalue weighted by Crippen LogP contribution is -2.24. The number of pyridine rings is 1. The van der Waals surface area contributed by atoms with E-state index in [1.165, 1.54) is 12.1 Å². The van der Waals surface area contributed by atoms with Gasteiger partial charge in [0.2, 0.25) is 0 Å². The van der Waals surface area contributed by atoms with E-state index in [1.54, 1.807) is 48.8 Å². The van der Waals surface area contributed by atoms with Gasteiger partial charge in [-0.15, -0.1) is 0 Å². The molecule has 2 aromatic carbocycles. The Balaban J connectivity index is 1.56. The van der Waals surface area contributed by atoms with Crippen molar-refractivity contribution in [3.05, 3.63) is 78.1 Å². The van der Waals surface area contributed by atoms with Crippen molar-refractivity contribution < 1.29 is 19.0 Å². The number of hydrogen-bond donors (Lipinski definition) is 3. The van der Waals surface area contributed by atoms with Gasteiger partial charge in [-0.3, -0.25) is 4.79 Å². The summed E-state index contributed by atoms with van der Waals surface area (Å²) in [5, 5.41) is 12.8. The Morgan fingerprint density at radius 2 is 2.00 bits per heavy atom. The second-order valence-electron chi connectivity index (χ2n) is 7.21. The molecule has 164 valence electrons. The third-order valence-electron chi connectivity index (χ3n) is 4.95. The number of nitrogens with zero attached hydrogens (tertiary/aromatic N) is 2. The summed E-state index contributed by atoms with van der Waals surface area (Å²) in [6, 6.07) is 12.9. The van der Waals surface area contributed by atoms with Crippen LogP contribution in [0.15, 0.2) is 60.9 Å². The predicted molar refractivity (Wildman–Crippen MR) is 119 cm³/mol. The number of carbonyl (C=O) groups excluding carboxylic acids is 1. The number of aromatic amines is 1. The molecule has 0 bridgehead atoms. The fourth-order valence-electron chi connectivity index (χ4n) is 3.38. The molecule has 0 fully saturated rings. The van der Waals surface area contributed by atoms with Crippen LogP contribution >= 0.6 is 0 Å². The van der Waals surface area contributed by atoms with E-state index in [-0.39, 0.29) is 24.9 Å². The third kappa shape index (κ3) is 5.09. The number of aliphatic hydroxyl groups is 1. The monoisotopic (exact) mass is 434 g/mol. The van der Waals surface area contributed by atoms with Crippen LogP contribution in [0, 0.1) is 5.82 Å². The minimum Gasteiger partial charge on any atom is -0.490 e. The number of rotatable bonds is 9. The average molecular weight is 434 g/mol. The van der Waals surface area contributed by atoms with Gasteiger partial charge in [0.05, 0.1) is 17.8 Å². The number of benzene rings is 2. The number of ether oxygens (including phenoxy) is 1. The van der Waals surface area contributed by atoms with Crippen molar-refractivity contribution in [2.75, 3.05) is 19.8 Å². The van der Waals surface area contributed by atoms with Gasteiger partial charge in [-0.1, -0.05) is 0 Å². The maximum atomic E-state index is 13.3. The Kier molecular flexibility index (Phi) is 6.72. The van der Waals surface area contributed by atoms with Gasteiger partial charge < -0.3 is 20.1 Å². The summed E-state index contributed by atoms with van der Waals surface area (Å²) in [4.78, 5) is 24.5. The number of H-pyrrole nitrogens is 1.